The lowest BCUT2D eigenvalue weighted by molar-refractivity contribution is -0.132. The second kappa shape index (κ2) is 8.31. The molecule has 4 aromatic rings. The van der Waals surface area contributed by atoms with Crippen LogP contribution in [0.2, 0.25) is 0 Å². The molecule has 0 aliphatic carbocycles. The topological polar surface area (TPSA) is 46.3 Å². The standard InChI is InChI=1S/C25H24N2O2/c1-18-8-11-21(12-9-18)16-27(25(28)15-20-6-4-3-5-7-20)17-24-26-22-14-19(2)10-13-23(22)29-24/h3-14H,15-17H2,1-2H3. The molecular weight excluding hydrogens is 360 g/mol. The minimum absolute atomic E-state index is 0.0511. The minimum atomic E-state index is 0.0511. The molecule has 4 heteroatoms. The largest absolute Gasteiger partial charge is 0.439 e. The molecule has 3 aromatic carbocycles. The van der Waals surface area contributed by atoms with E-state index in [1.807, 2.05) is 60.4 Å². The normalized spacial score (nSPS) is 11.0. The number of hydrogen-bond acceptors (Lipinski definition) is 3. The van der Waals surface area contributed by atoms with Crippen LogP contribution >= 0.6 is 0 Å². The number of amides is 1. The van der Waals surface area contributed by atoms with Crippen molar-refractivity contribution >= 4 is 17.0 Å². The van der Waals surface area contributed by atoms with Gasteiger partial charge >= 0.3 is 0 Å². The monoisotopic (exact) mass is 384 g/mol. The van der Waals surface area contributed by atoms with E-state index in [4.69, 9.17) is 4.42 Å². The summed E-state index contributed by atoms with van der Waals surface area (Å²) in [6.45, 7) is 4.94. The quantitative estimate of drug-likeness (QED) is 0.458. The van der Waals surface area contributed by atoms with Gasteiger partial charge in [0.15, 0.2) is 5.58 Å². The second-order valence-electron chi connectivity index (χ2n) is 7.48. The van der Waals surface area contributed by atoms with Gasteiger partial charge in [0.05, 0.1) is 13.0 Å². The average Bonchev–Trinajstić information content (AvgIpc) is 3.11. The highest BCUT2D eigenvalue weighted by atomic mass is 16.3. The smallest absolute Gasteiger partial charge is 0.227 e. The Morgan fingerprint density at radius 1 is 0.862 bits per heavy atom. The van der Waals surface area contributed by atoms with Crippen LogP contribution in [-0.2, 0) is 24.3 Å². The summed E-state index contributed by atoms with van der Waals surface area (Å²) in [4.78, 5) is 19.5. The molecule has 0 N–H and O–H groups in total. The fraction of sp³-hybridized carbons (Fsp3) is 0.200. The fourth-order valence-electron chi connectivity index (χ4n) is 3.34. The zero-order chi connectivity index (χ0) is 20.2. The summed E-state index contributed by atoms with van der Waals surface area (Å²) in [6.07, 6.45) is 0.353. The summed E-state index contributed by atoms with van der Waals surface area (Å²) >= 11 is 0. The van der Waals surface area contributed by atoms with Crippen LogP contribution in [0.5, 0.6) is 0 Å². The first kappa shape index (κ1) is 18.9. The molecule has 0 aliphatic heterocycles. The summed E-state index contributed by atoms with van der Waals surface area (Å²) < 4.78 is 5.91. The van der Waals surface area contributed by atoms with E-state index in [0.29, 0.717) is 25.4 Å². The summed E-state index contributed by atoms with van der Waals surface area (Å²) in [5.74, 6) is 0.606. The van der Waals surface area contributed by atoms with Crippen molar-refractivity contribution in [2.24, 2.45) is 0 Å². The Balaban J connectivity index is 1.58. The third-order valence-electron chi connectivity index (χ3n) is 4.96. The number of nitrogens with zero attached hydrogens (tertiary/aromatic N) is 2. The van der Waals surface area contributed by atoms with Crippen molar-refractivity contribution in [3.8, 4) is 0 Å². The Bertz CT molecular complexity index is 1110. The van der Waals surface area contributed by atoms with Crippen molar-refractivity contribution in [3.63, 3.8) is 0 Å². The van der Waals surface area contributed by atoms with Crippen molar-refractivity contribution in [2.45, 2.75) is 33.4 Å². The highest BCUT2D eigenvalue weighted by Gasteiger charge is 2.18. The lowest BCUT2D eigenvalue weighted by Crippen LogP contribution is -2.31. The first-order chi connectivity index (χ1) is 14.1. The van der Waals surface area contributed by atoms with E-state index in [1.54, 1.807) is 0 Å². The van der Waals surface area contributed by atoms with Crippen LogP contribution in [0.3, 0.4) is 0 Å². The van der Waals surface area contributed by atoms with Gasteiger partial charge in [-0.15, -0.1) is 0 Å². The molecule has 29 heavy (non-hydrogen) atoms. The van der Waals surface area contributed by atoms with Gasteiger partial charge in [0.25, 0.3) is 0 Å². The molecular formula is C25H24N2O2. The van der Waals surface area contributed by atoms with Gasteiger partial charge in [-0.3, -0.25) is 4.79 Å². The molecule has 1 heterocycles. The number of aryl methyl sites for hydroxylation is 2. The van der Waals surface area contributed by atoms with Crippen LogP contribution in [0, 0.1) is 13.8 Å². The Kier molecular flexibility index (Phi) is 5.43. The number of rotatable bonds is 6. The highest BCUT2D eigenvalue weighted by molar-refractivity contribution is 5.79. The molecule has 146 valence electrons. The molecule has 0 radical (unpaired) electrons. The Morgan fingerprint density at radius 2 is 1.59 bits per heavy atom. The zero-order valence-electron chi connectivity index (χ0n) is 16.8. The number of carbonyl (C=O) groups is 1. The van der Waals surface area contributed by atoms with Crippen LogP contribution in [-0.4, -0.2) is 15.8 Å². The van der Waals surface area contributed by atoms with E-state index in [0.717, 1.165) is 27.8 Å². The van der Waals surface area contributed by atoms with Gasteiger partial charge in [-0.05, 0) is 42.7 Å². The molecule has 4 rings (SSSR count). The van der Waals surface area contributed by atoms with Gasteiger partial charge in [-0.2, -0.15) is 0 Å². The molecule has 0 bridgehead atoms. The molecule has 0 unspecified atom stereocenters. The first-order valence-corrected chi connectivity index (χ1v) is 9.80. The van der Waals surface area contributed by atoms with E-state index in [9.17, 15) is 4.79 Å². The van der Waals surface area contributed by atoms with Crippen molar-refractivity contribution in [2.75, 3.05) is 0 Å². The maximum atomic E-state index is 13.1. The number of fused-ring (bicyclic) bond motifs is 1. The predicted octanol–water partition coefficient (Wildman–Crippen LogP) is 5.22. The van der Waals surface area contributed by atoms with Crippen molar-refractivity contribution < 1.29 is 9.21 Å². The number of oxazole rings is 1. The Hall–Kier alpha value is -3.40. The van der Waals surface area contributed by atoms with Gasteiger partial charge < -0.3 is 9.32 Å². The van der Waals surface area contributed by atoms with Crippen LogP contribution in [0.4, 0.5) is 0 Å². The average molecular weight is 384 g/mol. The second-order valence-corrected chi connectivity index (χ2v) is 7.48. The van der Waals surface area contributed by atoms with E-state index in [1.165, 1.54) is 5.56 Å². The lowest BCUT2D eigenvalue weighted by Gasteiger charge is -2.21. The maximum absolute atomic E-state index is 13.1. The maximum Gasteiger partial charge on any atom is 0.227 e. The van der Waals surface area contributed by atoms with Crippen molar-refractivity contribution in [3.05, 3.63) is 101 Å². The SMILES string of the molecule is Cc1ccc(CN(Cc2nc3cc(C)ccc3o2)C(=O)Cc2ccccc2)cc1. The van der Waals surface area contributed by atoms with E-state index >= 15 is 0 Å². The molecule has 0 atom stereocenters. The molecule has 0 saturated heterocycles. The summed E-state index contributed by atoms with van der Waals surface area (Å²) in [5, 5.41) is 0. The zero-order valence-corrected chi connectivity index (χ0v) is 16.8. The van der Waals surface area contributed by atoms with E-state index in [-0.39, 0.29) is 5.91 Å². The molecule has 4 nitrogen and oxygen atoms in total. The Labute approximate surface area is 170 Å². The summed E-state index contributed by atoms with van der Waals surface area (Å²) in [6, 6.07) is 24.0. The molecule has 0 fully saturated rings. The van der Waals surface area contributed by atoms with Crippen LogP contribution in [0.1, 0.15) is 28.1 Å². The van der Waals surface area contributed by atoms with Gasteiger partial charge in [0, 0.05) is 6.54 Å². The van der Waals surface area contributed by atoms with Crippen LogP contribution in [0.15, 0.2) is 77.2 Å². The summed E-state index contributed by atoms with van der Waals surface area (Å²) in [5.41, 5.74) is 5.99. The Morgan fingerprint density at radius 3 is 2.34 bits per heavy atom. The predicted molar refractivity (Wildman–Crippen MR) is 114 cm³/mol. The summed E-state index contributed by atoms with van der Waals surface area (Å²) in [7, 11) is 0. The molecule has 0 spiro atoms. The van der Waals surface area contributed by atoms with Crippen LogP contribution < -0.4 is 0 Å². The van der Waals surface area contributed by atoms with E-state index in [2.05, 4.69) is 36.2 Å². The number of aromatic nitrogens is 1. The van der Waals surface area contributed by atoms with Gasteiger partial charge in [-0.1, -0.05) is 66.2 Å². The lowest BCUT2D eigenvalue weighted by atomic mass is 10.1. The minimum Gasteiger partial charge on any atom is -0.439 e. The van der Waals surface area contributed by atoms with Crippen molar-refractivity contribution in [1.82, 2.24) is 9.88 Å². The van der Waals surface area contributed by atoms with Gasteiger partial charge in [0.2, 0.25) is 11.8 Å². The molecule has 0 saturated carbocycles. The number of carbonyl (C=O) groups excluding carboxylic acids is 1. The van der Waals surface area contributed by atoms with Crippen LogP contribution in [0.25, 0.3) is 11.1 Å². The van der Waals surface area contributed by atoms with Crippen molar-refractivity contribution in [1.29, 1.82) is 0 Å². The highest BCUT2D eigenvalue weighted by Crippen LogP contribution is 2.19. The third-order valence-corrected chi connectivity index (χ3v) is 4.96. The number of hydrogen-bond donors (Lipinski definition) is 0. The number of benzene rings is 3. The van der Waals surface area contributed by atoms with Gasteiger partial charge in [-0.25, -0.2) is 4.98 Å². The first-order valence-electron chi connectivity index (χ1n) is 9.80. The molecule has 1 amide bonds. The molecule has 1 aromatic heterocycles. The third kappa shape index (κ3) is 4.72. The van der Waals surface area contributed by atoms with E-state index < -0.39 is 0 Å². The fourth-order valence-corrected chi connectivity index (χ4v) is 3.34. The van der Waals surface area contributed by atoms with Gasteiger partial charge in [0.1, 0.15) is 5.52 Å². The molecule has 0 aliphatic rings.